The molecule has 0 aliphatic heterocycles. The highest BCUT2D eigenvalue weighted by Crippen LogP contribution is 2.46. The molecule has 2 N–H and O–H groups in total. The molecule has 22 heavy (non-hydrogen) atoms. The molecule has 2 aliphatic rings. The molecule has 1 aromatic carbocycles. The van der Waals surface area contributed by atoms with Gasteiger partial charge in [0.05, 0.1) is 11.7 Å². The number of benzene rings is 1. The van der Waals surface area contributed by atoms with Crippen molar-refractivity contribution in [3.05, 3.63) is 53.1 Å². The van der Waals surface area contributed by atoms with Gasteiger partial charge < -0.3 is 5.32 Å². The fourth-order valence-electron chi connectivity index (χ4n) is 3.37. The van der Waals surface area contributed by atoms with Crippen molar-refractivity contribution in [3.8, 4) is 0 Å². The lowest BCUT2D eigenvalue weighted by molar-refractivity contribution is -0.126. The largest absolute Gasteiger partial charge is 0.346 e. The summed E-state index contributed by atoms with van der Waals surface area (Å²) in [6.07, 6.45) is 6.00. The first kappa shape index (κ1) is 13.5. The molecule has 0 radical (unpaired) electrons. The Morgan fingerprint density at radius 3 is 3.05 bits per heavy atom. The number of carbonyl (C=O) groups is 1. The van der Waals surface area contributed by atoms with Gasteiger partial charge in [0, 0.05) is 11.6 Å². The first-order valence-electron chi connectivity index (χ1n) is 7.75. The highest BCUT2D eigenvalue weighted by Gasteiger charge is 2.46. The average molecular weight is 299 g/mol. The molecule has 1 unspecified atom stereocenters. The molecule has 1 amide bonds. The minimum Gasteiger partial charge on any atom is -0.346 e. The number of hydrogen-bond acceptors (Lipinski definition) is 2. The van der Waals surface area contributed by atoms with Crippen LogP contribution in [-0.4, -0.2) is 16.1 Å². The van der Waals surface area contributed by atoms with E-state index in [-0.39, 0.29) is 23.2 Å². The summed E-state index contributed by atoms with van der Waals surface area (Å²) in [5.41, 5.74) is 2.81. The first-order valence-corrected chi connectivity index (χ1v) is 7.75. The molecule has 2 aliphatic carbocycles. The van der Waals surface area contributed by atoms with Crippen molar-refractivity contribution in [2.45, 2.75) is 37.6 Å². The average Bonchev–Trinajstić information content (AvgIpc) is 3.14. The van der Waals surface area contributed by atoms with Crippen LogP contribution in [0.5, 0.6) is 0 Å². The van der Waals surface area contributed by atoms with Gasteiger partial charge >= 0.3 is 0 Å². The zero-order valence-electron chi connectivity index (χ0n) is 12.2. The van der Waals surface area contributed by atoms with E-state index in [1.807, 2.05) is 12.3 Å². The van der Waals surface area contributed by atoms with Gasteiger partial charge in [-0.1, -0.05) is 12.1 Å². The Hall–Kier alpha value is -2.17. The maximum Gasteiger partial charge on any atom is 0.224 e. The van der Waals surface area contributed by atoms with Crippen LogP contribution in [0, 0.1) is 11.7 Å². The Kier molecular flexibility index (Phi) is 3.03. The van der Waals surface area contributed by atoms with Crippen molar-refractivity contribution in [2.75, 3.05) is 0 Å². The lowest BCUT2D eigenvalue weighted by atomic mass is 9.87. The smallest absolute Gasteiger partial charge is 0.224 e. The predicted octanol–water partition coefficient (Wildman–Crippen LogP) is 2.46. The second kappa shape index (κ2) is 4.93. The number of nitrogens with one attached hydrogen (secondary N) is 2. The lowest BCUT2D eigenvalue weighted by Gasteiger charge is -2.25. The van der Waals surface area contributed by atoms with Gasteiger partial charge in [-0.05, 0) is 55.4 Å². The second-order valence-electron chi connectivity index (χ2n) is 6.40. The summed E-state index contributed by atoms with van der Waals surface area (Å²) >= 11 is 0. The van der Waals surface area contributed by atoms with E-state index >= 15 is 0 Å². The summed E-state index contributed by atoms with van der Waals surface area (Å²) in [5, 5.41) is 10.2. The van der Waals surface area contributed by atoms with Gasteiger partial charge in [0.25, 0.3) is 0 Å². The van der Waals surface area contributed by atoms with Gasteiger partial charge in [0.15, 0.2) is 0 Å². The molecule has 4 rings (SSSR count). The van der Waals surface area contributed by atoms with Gasteiger partial charge in [-0.3, -0.25) is 9.89 Å². The fourth-order valence-corrected chi connectivity index (χ4v) is 3.37. The SMILES string of the molecule is O=C(NC1(c2cccc(F)c2)CC1)C1CCc2[nH]ncc2C1. The molecular formula is C17H18FN3O. The molecule has 2 aromatic rings. The summed E-state index contributed by atoms with van der Waals surface area (Å²) in [7, 11) is 0. The molecule has 1 atom stereocenters. The van der Waals surface area contributed by atoms with Crippen LogP contribution in [0.4, 0.5) is 4.39 Å². The number of amides is 1. The van der Waals surface area contributed by atoms with Crippen molar-refractivity contribution in [2.24, 2.45) is 5.92 Å². The summed E-state index contributed by atoms with van der Waals surface area (Å²) in [6, 6.07) is 6.56. The minimum absolute atomic E-state index is 0.0175. The van der Waals surface area contributed by atoms with Gasteiger partial charge in [-0.2, -0.15) is 5.10 Å². The van der Waals surface area contributed by atoms with E-state index in [2.05, 4.69) is 15.5 Å². The number of aryl methyl sites for hydroxylation is 1. The second-order valence-corrected chi connectivity index (χ2v) is 6.40. The normalized spacial score (nSPS) is 22.0. The number of aromatic amines is 1. The van der Waals surface area contributed by atoms with Crippen molar-refractivity contribution >= 4 is 5.91 Å². The Morgan fingerprint density at radius 1 is 1.41 bits per heavy atom. The molecule has 1 saturated carbocycles. The maximum atomic E-state index is 13.4. The highest BCUT2D eigenvalue weighted by molar-refractivity contribution is 5.80. The monoisotopic (exact) mass is 299 g/mol. The molecule has 5 heteroatoms. The van der Waals surface area contributed by atoms with E-state index in [0.29, 0.717) is 0 Å². The van der Waals surface area contributed by atoms with Crippen LogP contribution in [0.15, 0.2) is 30.5 Å². The quantitative estimate of drug-likeness (QED) is 0.914. The first-order chi connectivity index (χ1) is 10.7. The Balaban J connectivity index is 1.49. The van der Waals surface area contributed by atoms with Crippen LogP contribution >= 0.6 is 0 Å². The van der Waals surface area contributed by atoms with Crippen molar-refractivity contribution in [1.29, 1.82) is 0 Å². The molecule has 4 nitrogen and oxygen atoms in total. The van der Waals surface area contributed by atoms with Crippen molar-refractivity contribution in [3.63, 3.8) is 0 Å². The third-order valence-electron chi connectivity index (χ3n) is 4.88. The fraction of sp³-hybridized carbons (Fsp3) is 0.412. The number of nitrogens with zero attached hydrogens (tertiary/aromatic N) is 1. The number of hydrogen-bond donors (Lipinski definition) is 2. The Labute approximate surface area is 128 Å². The Bertz CT molecular complexity index is 720. The third-order valence-corrected chi connectivity index (χ3v) is 4.88. The van der Waals surface area contributed by atoms with Crippen LogP contribution < -0.4 is 5.32 Å². The minimum atomic E-state index is -0.351. The maximum absolute atomic E-state index is 13.4. The standard InChI is InChI=1S/C17H18FN3O/c18-14-3-1-2-13(9-14)17(6-7-17)20-16(22)11-4-5-15-12(8-11)10-19-21-15/h1-3,9-11H,4-8H2,(H,19,21)(H,20,22). The number of rotatable bonds is 3. The van der Waals surface area contributed by atoms with E-state index in [4.69, 9.17) is 0 Å². The number of fused-ring (bicyclic) bond motifs is 1. The zero-order chi connectivity index (χ0) is 15.2. The lowest BCUT2D eigenvalue weighted by Crippen LogP contribution is -2.40. The molecule has 114 valence electrons. The van der Waals surface area contributed by atoms with Crippen LogP contribution in [-0.2, 0) is 23.2 Å². The van der Waals surface area contributed by atoms with Gasteiger partial charge in [0.1, 0.15) is 5.82 Å². The van der Waals surface area contributed by atoms with Crippen molar-refractivity contribution < 1.29 is 9.18 Å². The number of H-pyrrole nitrogens is 1. The summed E-state index contributed by atoms with van der Waals surface area (Å²) in [4.78, 5) is 12.6. The van der Waals surface area contributed by atoms with Crippen LogP contribution in [0.1, 0.15) is 36.1 Å². The van der Waals surface area contributed by atoms with E-state index in [9.17, 15) is 9.18 Å². The predicted molar refractivity (Wildman–Crippen MR) is 79.6 cm³/mol. The van der Waals surface area contributed by atoms with Gasteiger partial charge in [0.2, 0.25) is 5.91 Å². The summed E-state index contributed by atoms with van der Waals surface area (Å²) in [6.45, 7) is 0. The van der Waals surface area contributed by atoms with Crippen LogP contribution in [0.25, 0.3) is 0 Å². The van der Waals surface area contributed by atoms with E-state index in [0.717, 1.165) is 48.9 Å². The molecule has 1 heterocycles. The van der Waals surface area contributed by atoms with E-state index < -0.39 is 0 Å². The van der Waals surface area contributed by atoms with Crippen LogP contribution in [0.2, 0.25) is 0 Å². The highest BCUT2D eigenvalue weighted by atomic mass is 19.1. The van der Waals surface area contributed by atoms with E-state index in [1.165, 1.54) is 12.1 Å². The molecule has 0 saturated heterocycles. The zero-order valence-corrected chi connectivity index (χ0v) is 12.2. The van der Waals surface area contributed by atoms with Crippen LogP contribution in [0.3, 0.4) is 0 Å². The molecular weight excluding hydrogens is 281 g/mol. The molecule has 1 aromatic heterocycles. The topological polar surface area (TPSA) is 57.8 Å². The summed E-state index contributed by atoms with van der Waals surface area (Å²) in [5.74, 6) is -0.191. The molecule has 0 spiro atoms. The van der Waals surface area contributed by atoms with Gasteiger partial charge in [-0.25, -0.2) is 4.39 Å². The van der Waals surface area contributed by atoms with Gasteiger partial charge in [-0.15, -0.1) is 0 Å². The molecule has 0 bridgehead atoms. The number of aromatic nitrogens is 2. The summed E-state index contributed by atoms with van der Waals surface area (Å²) < 4.78 is 13.4. The number of halogens is 1. The van der Waals surface area contributed by atoms with E-state index in [1.54, 1.807) is 6.07 Å². The van der Waals surface area contributed by atoms with Crippen molar-refractivity contribution in [1.82, 2.24) is 15.5 Å². The molecule has 1 fully saturated rings. The third kappa shape index (κ3) is 2.30. The Morgan fingerprint density at radius 2 is 2.27 bits per heavy atom. The number of carbonyl (C=O) groups excluding carboxylic acids is 1.